The zero-order valence-electron chi connectivity index (χ0n) is 18.6. The molecule has 3 aromatic carbocycles. The van der Waals surface area contributed by atoms with Crippen molar-refractivity contribution < 1.29 is 24.6 Å². The molecule has 0 aliphatic carbocycles. The van der Waals surface area contributed by atoms with Gasteiger partial charge in [-0.3, -0.25) is 14.4 Å². The first-order valence-electron chi connectivity index (χ1n) is 10.7. The predicted octanol–water partition coefficient (Wildman–Crippen LogP) is 4.46. The fourth-order valence-corrected chi connectivity index (χ4v) is 3.44. The molecule has 0 radical (unpaired) electrons. The number of ketones is 2. The molecule has 1 unspecified atom stereocenters. The maximum atomic E-state index is 13.3. The summed E-state index contributed by atoms with van der Waals surface area (Å²) in [5.41, 5.74) is 1.97. The number of hydrogen-bond acceptors (Lipinski definition) is 5. The summed E-state index contributed by atoms with van der Waals surface area (Å²) in [4.78, 5) is 38.6. The van der Waals surface area contributed by atoms with Crippen molar-refractivity contribution in [1.82, 2.24) is 5.32 Å². The van der Waals surface area contributed by atoms with Gasteiger partial charge in [-0.05, 0) is 53.1 Å². The van der Waals surface area contributed by atoms with E-state index in [1.807, 2.05) is 6.07 Å². The summed E-state index contributed by atoms with van der Waals surface area (Å²) in [6.07, 6.45) is 5.73. The average molecular weight is 456 g/mol. The minimum atomic E-state index is -1.20. The third kappa shape index (κ3) is 6.77. The SMILES string of the molecule is CC(=O)NC(c1ccccc1)C(C(=O)/C=C/c1ccc(O)cc1)C(=O)/C=C/c1ccc(O)cc1. The van der Waals surface area contributed by atoms with E-state index in [4.69, 9.17) is 0 Å². The molecule has 0 bridgehead atoms. The van der Waals surface area contributed by atoms with Gasteiger partial charge in [0.1, 0.15) is 17.4 Å². The molecular formula is C28H25NO5. The molecule has 34 heavy (non-hydrogen) atoms. The summed E-state index contributed by atoms with van der Waals surface area (Å²) < 4.78 is 0. The summed E-state index contributed by atoms with van der Waals surface area (Å²) in [6, 6.07) is 20.5. The van der Waals surface area contributed by atoms with Crippen molar-refractivity contribution in [2.75, 3.05) is 0 Å². The third-order valence-electron chi connectivity index (χ3n) is 5.13. The van der Waals surface area contributed by atoms with Crippen LogP contribution in [0.5, 0.6) is 11.5 Å². The molecule has 6 heteroatoms. The fourth-order valence-electron chi connectivity index (χ4n) is 3.44. The van der Waals surface area contributed by atoms with E-state index in [0.717, 1.165) is 0 Å². The highest BCUT2D eigenvalue weighted by Crippen LogP contribution is 2.26. The fraction of sp³-hybridized carbons (Fsp3) is 0.107. The highest BCUT2D eigenvalue weighted by Gasteiger charge is 2.33. The molecule has 0 aromatic heterocycles. The van der Waals surface area contributed by atoms with Crippen molar-refractivity contribution in [2.24, 2.45) is 5.92 Å². The summed E-state index contributed by atoms with van der Waals surface area (Å²) in [7, 11) is 0. The van der Waals surface area contributed by atoms with Crippen LogP contribution in [0.25, 0.3) is 12.2 Å². The number of carbonyl (C=O) groups is 3. The Bertz CT molecular complexity index is 1130. The Kier molecular flexibility index (Phi) is 8.13. The second-order valence-corrected chi connectivity index (χ2v) is 7.72. The number of aromatic hydroxyl groups is 2. The maximum Gasteiger partial charge on any atom is 0.217 e. The van der Waals surface area contributed by atoms with Crippen molar-refractivity contribution in [2.45, 2.75) is 13.0 Å². The Morgan fingerprint density at radius 2 is 1.15 bits per heavy atom. The first-order chi connectivity index (χ1) is 16.3. The van der Waals surface area contributed by atoms with Gasteiger partial charge in [-0.15, -0.1) is 0 Å². The van der Waals surface area contributed by atoms with Gasteiger partial charge in [0.05, 0.1) is 6.04 Å². The number of amides is 1. The van der Waals surface area contributed by atoms with Crippen molar-refractivity contribution in [3.05, 3.63) is 108 Å². The van der Waals surface area contributed by atoms with Gasteiger partial charge in [0.15, 0.2) is 11.6 Å². The van der Waals surface area contributed by atoms with E-state index in [2.05, 4.69) is 5.32 Å². The van der Waals surface area contributed by atoms with E-state index in [0.29, 0.717) is 16.7 Å². The van der Waals surface area contributed by atoms with Gasteiger partial charge in [0.25, 0.3) is 0 Å². The second kappa shape index (κ2) is 11.4. The Hall–Kier alpha value is -4.45. The number of allylic oxidation sites excluding steroid dienone is 2. The molecule has 1 atom stereocenters. The predicted molar refractivity (Wildman–Crippen MR) is 131 cm³/mol. The zero-order chi connectivity index (χ0) is 24.5. The maximum absolute atomic E-state index is 13.3. The zero-order valence-corrected chi connectivity index (χ0v) is 18.6. The van der Waals surface area contributed by atoms with Gasteiger partial charge in [-0.2, -0.15) is 0 Å². The highest BCUT2D eigenvalue weighted by molar-refractivity contribution is 6.14. The Balaban J connectivity index is 1.96. The molecule has 0 aliphatic heterocycles. The van der Waals surface area contributed by atoms with Gasteiger partial charge in [0, 0.05) is 6.92 Å². The Morgan fingerprint density at radius 3 is 1.56 bits per heavy atom. The van der Waals surface area contributed by atoms with Crippen LogP contribution in [-0.2, 0) is 14.4 Å². The molecule has 0 spiro atoms. The van der Waals surface area contributed by atoms with Crippen molar-refractivity contribution in [3.8, 4) is 11.5 Å². The van der Waals surface area contributed by atoms with Gasteiger partial charge < -0.3 is 15.5 Å². The lowest BCUT2D eigenvalue weighted by atomic mass is 9.85. The van der Waals surface area contributed by atoms with Crippen LogP contribution in [-0.4, -0.2) is 27.7 Å². The van der Waals surface area contributed by atoms with E-state index in [1.54, 1.807) is 60.7 Å². The molecule has 0 fully saturated rings. The van der Waals surface area contributed by atoms with E-state index < -0.39 is 23.5 Å². The van der Waals surface area contributed by atoms with Crippen molar-refractivity contribution >= 4 is 29.6 Å². The van der Waals surface area contributed by atoms with Crippen LogP contribution in [0.2, 0.25) is 0 Å². The molecule has 3 aromatic rings. The lowest BCUT2D eigenvalue weighted by Gasteiger charge is -2.24. The summed E-state index contributed by atoms with van der Waals surface area (Å²) in [5, 5.41) is 21.7. The molecule has 3 rings (SSSR count). The Labute approximate surface area is 197 Å². The van der Waals surface area contributed by atoms with Gasteiger partial charge >= 0.3 is 0 Å². The van der Waals surface area contributed by atoms with Crippen LogP contribution in [0.3, 0.4) is 0 Å². The van der Waals surface area contributed by atoms with Crippen LogP contribution in [0.15, 0.2) is 91.0 Å². The van der Waals surface area contributed by atoms with E-state index in [1.165, 1.54) is 43.3 Å². The van der Waals surface area contributed by atoms with Crippen LogP contribution < -0.4 is 5.32 Å². The van der Waals surface area contributed by atoms with E-state index in [9.17, 15) is 24.6 Å². The molecule has 6 nitrogen and oxygen atoms in total. The van der Waals surface area contributed by atoms with Gasteiger partial charge in [-0.1, -0.05) is 66.7 Å². The average Bonchev–Trinajstić information content (AvgIpc) is 2.83. The van der Waals surface area contributed by atoms with Crippen LogP contribution in [0.1, 0.15) is 29.7 Å². The number of phenols is 2. The number of rotatable bonds is 9. The lowest BCUT2D eigenvalue weighted by molar-refractivity contribution is -0.129. The molecule has 0 saturated carbocycles. The molecular weight excluding hydrogens is 430 g/mol. The minimum Gasteiger partial charge on any atom is -0.508 e. The lowest BCUT2D eigenvalue weighted by Crippen LogP contribution is -2.39. The number of benzene rings is 3. The first-order valence-corrected chi connectivity index (χ1v) is 10.7. The highest BCUT2D eigenvalue weighted by atomic mass is 16.3. The largest absolute Gasteiger partial charge is 0.508 e. The van der Waals surface area contributed by atoms with Crippen LogP contribution in [0, 0.1) is 5.92 Å². The monoisotopic (exact) mass is 455 g/mol. The molecule has 172 valence electrons. The normalized spacial score (nSPS) is 12.2. The quantitative estimate of drug-likeness (QED) is 0.327. The number of carbonyl (C=O) groups excluding carboxylic acids is 3. The third-order valence-corrected chi connectivity index (χ3v) is 5.13. The number of phenolic OH excluding ortho intramolecular Hbond substituents is 2. The topological polar surface area (TPSA) is 104 Å². The second-order valence-electron chi connectivity index (χ2n) is 7.72. The summed E-state index contributed by atoms with van der Waals surface area (Å²) in [5.74, 6) is -2.32. The van der Waals surface area contributed by atoms with E-state index in [-0.39, 0.29) is 17.4 Å². The van der Waals surface area contributed by atoms with Crippen molar-refractivity contribution in [3.63, 3.8) is 0 Å². The molecule has 0 saturated heterocycles. The number of nitrogens with one attached hydrogen (secondary N) is 1. The van der Waals surface area contributed by atoms with Gasteiger partial charge in [0.2, 0.25) is 5.91 Å². The molecule has 0 heterocycles. The number of hydrogen-bond donors (Lipinski definition) is 3. The standard InChI is InChI=1S/C28H25NO5/c1-19(30)29-28(22-5-3-2-4-6-22)27(25(33)17-11-20-7-13-23(31)14-8-20)26(34)18-12-21-9-15-24(32)16-10-21/h2-18,27-28,31-32H,1H3,(H,29,30)/b17-11+,18-12+. The summed E-state index contributed by atoms with van der Waals surface area (Å²) >= 11 is 0. The van der Waals surface area contributed by atoms with Crippen LogP contribution >= 0.6 is 0 Å². The molecule has 0 aliphatic rings. The first kappa shape index (κ1) is 24.2. The Morgan fingerprint density at radius 1 is 0.706 bits per heavy atom. The van der Waals surface area contributed by atoms with Crippen molar-refractivity contribution in [1.29, 1.82) is 0 Å². The minimum absolute atomic E-state index is 0.102. The van der Waals surface area contributed by atoms with Crippen LogP contribution in [0.4, 0.5) is 0 Å². The molecule has 1 amide bonds. The van der Waals surface area contributed by atoms with Gasteiger partial charge in [-0.25, -0.2) is 0 Å². The summed E-state index contributed by atoms with van der Waals surface area (Å²) in [6.45, 7) is 1.33. The molecule has 3 N–H and O–H groups in total. The smallest absolute Gasteiger partial charge is 0.217 e. The van der Waals surface area contributed by atoms with E-state index >= 15 is 0 Å².